The molecule has 1 amide bonds. The maximum atomic E-state index is 9.60. The molecule has 0 unspecified atom stereocenters. The number of carbonyl (C=O) groups excluding carboxylic acids is 1. The number of ether oxygens (including phenoxy) is 1. The highest BCUT2D eigenvalue weighted by Gasteiger charge is 2.34. The minimum Gasteiger partial charge on any atom is -0.450 e. The van der Waals surface area contributed by atoms with Gasteiger partial charge in [0.2, 0.25) is 7.59 Å². The Kier molecular flexibility index (Phi) is 9.61. The van der Waals surface area contributed by atoms with E-state index in [-0.39, 0.29) is 17.5 Å². The predicted octanol–water partition coefficient (Wildman–Crippen LogP) is 6.06. The molecule has 0 bridgehead atoms. The van der Waals surface area contributed by atoms with Crippen LogP contribution in [0.4, 0.5) is 4.79 Å². The van der Waals surface area contributed by atoms with E-state index in [4.69, 9.17) is 69.6 Å². The topological polar surface area (TPSA) is 91.0 Å². The third-order valence-corrected chi connectivity index (χ3v) is 4.25. The second-order valence-corrected chi connectivity index (χ2v) is 9.95. The molecular weight excluding hydrogens is 549 g/mol. The summed E-state index contributed by atoms with van der Waals surface area (Å²) in [5, 5.41) is 0. The molecule has 0 aliphatic carbocycles. The quantitative estimate of drug-likeness (QED) is 0.452. The van der Waals surface area contributed by atoms with E-state index < -0.39 is 13.7 Å². The molecule has 13 heteroatoms. The third-order valence-electron chi connectivity index (χ3n) is 2.54. The number of aromatic nitrogens is 3. The summed E-state index contributed by atoms with van der Waals surface area (Å²) >= 11 is 38.3. The van der Waals surface area contributed by atoms with Crippen molar-refractivity contribution < 1.29 is 9.53 Å². The fraction of sp³-hybridized carbons (Fsp3) is 0.286. The number of primary amides is 1. The van der Waals surface area contributed by atoms with E-state index in [1.807, 2.05) is 12.1 Å². The highest BCUT2D eigenvalue weighted by atomic mass is 79.9. The molecule has 0 spiro atoms. The van der Waals surface area contributed by atoms with Crippen molar-refractivity contribution in [1.82, 2.24) is 15.0 Å². The molecule has 0 aliphatic heterocycles. The standard InChI is InChI=1S/C11H4BrCl6N3.C3H7NO2/c12-6-4-2-1-3-5(6)7-19-8(10(13,14)15)21-9(20-7)11(16,17)18;1-2-6-3(4)5/h1-4H;2H2,1H3,(H2,4,5). The van der Waals surface area contributed by atoms with Crippen molar-refractivity contribution >= 4 is 91.6 Å². The average Bonchev–Trinajstić information content (AvgIpc) is 2.53. The van der Waals surface area contributed by atoms with Crippen LogP contribution in [0.3, 0.4) is 0 Å². The number of rotatable bonds is 2. The number of nitrogens with two attached hydrogens (primary N) is 1. The van der Waals surface area contributed by atoms with Crippen LogP contribution in [0.25, 0.3) is 11.4 Å². The number of amides is 1. The van der Waals surface area contributed by atoms with Gasteiger partial charge in [-0.1, -0.05) is 104 Å². The van der Waals surface area contributed by atoms with E-state index in [0.29, 0.717) is 12.2 Å². The minimum absolute atomic E-state index is 0.130. The Labute approximate surface area is 193 Å². The Balaban J connectivity index is 0.000000527. The van der Waals surface area contributed by atoms with Crippen LogP contribution in [0, 0.1) is 0 Å². The first-order chi connectivity index (χ1) is 12.4. The molecule has 0 radical (unpaired) electrons. The molecule has 0 saturated heterocycles. The van der Waals surface area contributed by atoms with E-state index >= 15 is 0 Å². The number of carbonyl (C=O) groups is 1. The largest absolute Gasteiger partial charge is 0.450 e. The van der Waals surface area contributed by atoms with Gasteiger partial charge in [-0.3, -0.25) is 0 Å². The lowest BCUT2D eigenvalue weighted by molar-refractivity contribution is 0.163. The second-order valence-electron chi connectivity index (χ2n) is 4.53. The van der Waals surface area contributed by atoms with Crippen LogP contribution in [-0.2, 0) is 12.3 Å². The Bertz CT molecular complexity index is 766. The first kappa shape index (κ1) is 24.8. The molecule has 2 aromatic rings. The van der Waals surface area contributed by atoms with Gasteiger partial charge in [0.15, 0.2) is 17.5 Å². The van der Waals surface area contributed by atoms with E-state index in [9.17, 15) is 4.79 Å². The third kappa shape index (κ3) is 8.31. The predicted molar refractivity (Wildman–Crippen MR) is 113 cm³/mol. The fourth-order valence-electron chi connectivity index (χ4n) is 1.53. The number of halogens is 7. The van der Waals surface area contributed by atoms with Crippen LogP contribution in [0.5, 0.6) is 0 Å². The van der Waals surface area contributed by atoms with Gasteiger partial charge in [-0.05, 0) is 13.0 Å². The van der Waals surface area contributed by atoms with Gasteiger partial charge in [0.05, 0.1) is 6.61 Å². The SMILES string of the molecule is CCOC(N)=O.ClC(Cl)(Cl)c1nc(-c2ccccc2Br)nc(C(Cl)(Cl)Cl)n1. The molecule has 2 N–H and O–H groups in total. The fourth-order valence-corrected chi connectivity index (χ4v) is 2.50. The van der Waals surface area contributed by atoms with Crippen LogP contribution in [-0.4, -0.2) is 27.7 Å². The zero-order chi connectivity index (χ0) is 20.8. The monoisotopic (exact) mass is 556 g/mol. The Morgan fingerprint density at radius 2 is 1.52 bits per heavy atom. The number of nitrogens with zero attached hydrogens (tertiary/aromatic N) is 3. The lowest BCUT2D eigenvalue weighted by Gasteiger charge is -2.16. The lowest BCUT2D eigenvalue weighted by Crippen LogP contribution is -2.16. The first-order valence-electron chi connectivity index (χ1n) is 6.93. The number of hydrogen-bond acceptors (Lipinski definition) is 5. The zero-order valence-electron chi connectivity index (χ0n) is 13.4. The van der Waals surface area contributed by atoms with Gasteiger partial charge >= 0.3 is 6.09 Å². The summed E-state index contributed by atoms with van der Waals surface area (Å²) in [6.07, 6.45) is -0.711. The van der Waals surface area contributed by atoms with Crippen LogP contribution >= 0.6 is 85.5 Å². The van der Waals surface area contributed by atoms with Gasteiger partial charge < -0.3 is 10.5 Å². The number of benzene rings is 1. The molecule has 27 heavy (non-hydrogen) atoms. The minimum atomic E-state index is -1.87. The maximum Gasteiger partial charge on any atom is 0.404 e. The van der Waals surface area contributed by atoms with Crippen molar-refractivity contribution in [2.75, 3.05) is 6.61 Å². The van der Waals surface area contributed by atoms with Gasteiger partial charge in [0, 0.05) is 10.0 Å². The summed E-state index contributed by atoms with van der Waals surface area (Å²) in [6.45, 7) is 2.06. The summed E-state index contributed by atoms with van der Waals surface area (Å²) in [7, 11) is 0. The van der Waals surface area contributed by atoms with Crippen LogP contribution in [0.1, 0.15) is 18.6 Å². The Morgan fingerprint density at radius 1 is 1.04 bits per heavy atom. The molecule has 1 heterocycles. The van der Waals surface area contributed by atoms with Crippen LogP contribution in [0.15, 0.2) is 28.7 Å². The molecular formula is C14H11BrCl6N4O2. The number of alkyl halides is 6. The van der Waals surface area contributed by atoms with Crippen molar-refractivity contribution in [1.29, 1.82) is 0 Å². The zero-order valence-corrected chi connectivity index (χ0v) is 19.5. The van der Waals surface area contributed by atoms with Gasteiger partial charge in [0.25, 0.3) is 0 Å². The highest BCUT2D eigenvalue weighted by molar-refractivity contribution is 9.10. The summed E-state index contributed by atoms with van der Waals surface area (Å²) in [5.41, 5.74) is 5.19. The van der Waals surface area contributed by atoms with Crippen LogP contribution < -0.4 is 5.73 Å². The van der Waals surface area contributed by atoms with Gasteiger partial charge in [-0.25, -0.2) is 19.7 Å². The van der Waals surface area contributed by atoms with Crippen molar-refractivity contribution in [2.24, 2.45) is 5.73 Å². The van der Waals surface area contributed by atoms with Gasteiger partial charge in [-0.15, -0.1) is 0 Å². The van der Waals surface area contributed by atoms with Crippen LogP contribution in [0.2, 0.25) is 0 Å². The molecule has 148 valence electrons. The normalized spacial score (nSPS) is 11.4. The van der Waals surface area contributed by atoms with Crippen molar-refractivity contribution in [3.63, 3.8) is 0 Å². The van der Waals surface area contributed by atoms with E-state index in [1.54, 1.807) is 19.1 Å². The van der Waals surface area contributed by atoms with E-state index in [1.165, 1.54) is 0 Å². The molecule has 1 aromatic heterocycles. The molecule has 0 saturated carbocycles. The highest BCUT2D eigenvalue weighted by Crippen LogP contribution is 2.41. The van der Waals surface area contributed by atoms with Crippen molar-refractivity contribution in [3.8, 4) is 11.4 Å². The van der Waals surface area contributed by atoms with E-state index in [2.05, 4.69) is 41.4 Å². The molecule has 0 atom stereocenters. The molecule has 0 fully saturated rings. The molecule has 6 nitrogen and oxygen atoms in total. The second kappa shape index (κ2) is 10.5. The summed E-state index contributed by atoms with van der Waals surface area (Å²) in [6, 6.07) is 7.21. The lowest BCUT2D eigenvalue weighted by atomic mass is 10.2. The van der Waals surface area contributed by atoms with E-state index in [0.717, 1.165) is 4.47 Å². The van der Waals surface area contributed by atoms with Crippen molar-refractivity contribution in [2.45, 2.75) is 14.5 Å². The summed E-state index contributed by atoms with van der Waals surface area (Å²) in [5.74, 6) is -0.0377. The summed E-state index contributed by atoms with van der Waals surface area (Å²) in [4.78, 5) is 21.8. The Morgan fingerprint density at radius 3 is 1.85 bits per heavy atom. The summed E-state index contributed by atoms with van der Waals surface area (Å²) < 4.78 is 1.18. The first-order valence-corrected chi connectivity index (χ1v) is 10.00. The van der Waals surface area contributed by atoms with Gasteiger partial charge in [0.1, 0.15) is 0 Å². The smallest absolute Gasteiger partial charge is 0.404 e. The maximum absolute atomic E-state index is 9.60. The van der Waals surface area contributed by atoms with Gasteiger partial charge in [-0.2, -0.15) is 0 Å². The molecule has 2 rings (SSSR count). The van der Waals surface area contributed by atoms with Crippen molar-refractivity contribution in [3.05, 3.63) is 40.4 Å². The molecule has 0 aliphatic rings. The average molecular weight is 560 g/mol. The molecule has 1 aromatic carbocycles. The Hall–Kier alpha value is -0.280. The number of hydrogen-bond donors (Lipinski definition) is 1.